The summed E-state index contributed by atoms with van der Waals surface area (Å²) in [6.45, 7) is 0. The van der Waals surface area contributed by atoms with Gasteiger partial charge in [-0.05, 0) is 107 Å². The number of fused-ring (bicyclic) bond motifs is 11. The van der Waals surface area contributed by atoms with Crippen LogP contribution in [-0.4, -0.2) is 4.57 Å². The molecule has 0 atom stereocenters. The van der Waals surface area contributed by atoms with Crippen molar-refractivity contribution in [3.8, 4) is 27.9 Å². The van der Waals surface area contributed by atoms with E-state index in [1.807, 2.05) is 12.1 Å². The van der Waals surface area contributed by atoms with E-state index in [9.17, 15) is 0 Å². The molecule has 0 spiro atoms. The molecule has 4 heteroatoms. The zero-order valence-corrected chi connectivity index (χ0v) is 33.5. The highest BCUT2D eigenvalue weighted by Gasteiger charge is 2.22. The molecule has 0 unspecified atom stereocenters. The van der Waals surface area contributed by atoms with E-state index in [1.165, 1.54) is 27.2 Å². The van der Waals surface area contributed by atoms with Crippen LogP contribution in [0.1, 0.15) is 0 Å². The van der Waals surface area contributed by atoms with Crippen molar-refractivity contribution in [3.63, 3.8) is 0 Å². The highest BCUT2D eigenvalue weighted by Crippen LogP contribution is 2.44. The second kappa shape index (κ2) is 13.6. The van der Waals surface area contributed by atoms with Crippen LogP contribution in [-0.2, 0) is 0 Å². The first-order valence-corrected chi connectivity index (χ1v) is 21.1. The minimum Gasteiger partial charge on any atom is -0.456 e. The Morgan fingerprint density at radius 3 is 1.73 bits per heavy atom. The molecule has 0 aliphatic rings. The lowest BCUT2D eigenvalue weighted by atomic mass is 9.98. The molecule has 0 amide bonds. The number of benzene rings is 10. The largest absolute Gasteiger partial charge is 0.456 e. The van der Waals surface area contributed by atoms with Crippen LogP contribution in [0.2, 0.25) is 0 Å². The minimum atomic E-state index is 0.889. The number of para-hydroxylation sites is 5. The molecule has 290 valence electrons. The van der Waals surface area contributed by atoms with E-state index < -0.39 is 0 Å². The molecule has 0 radical (unpaired) electrons. The van der Waals surface area contributed by atoms with Gasteiger partial charge < -0.3 is 18.3 Å². The fraction of sp³-hybridized carbons (Fsp3) is 0. The van der Waals surface area contributed by atoms with Gasteiger partial charge in [0.2, 0.25) is 0 Å². The van der Waals surface area contributed by atoms with Gasteiger partial charge in [-0.2, -0.15) is 0 Å². The summed E-state index contributed by atoms with van der Waals surface area (Å²) in [4.78, 5) is 2.39. The predicted octanol–water partition coefficient (Wildman–Crippen LogP) is 16.5. The zero-order chi connectivity index (χ0) is 40.7. The third-order valence-electron chi connectivity index (χ3n) is 12.6. The molecule has 0 saturated carbocycles. The van der Waals surface area contributed by atoms with Crippen molar-refractivity contribution in [2.24, 2.45) is 0 Å². The molecule has 13 aromatic rings. The maximum Gasteiger partial charge on any atom is 0.143 e. The van der Waals surface area contributed by atoms with Gasteiger partial charge in [-0.3, -0.25) is 0 Å². The standard InChI is InChI=1S/C58H36N2O2/c1-2-13-44-38(12-1)28-34-48-57-43(17-11-23-56(57)62-58(44)48)39-26-32-42(33-27-39)59(41-30-24-37(25-31-41)40-29-35-55-49(36-40)47-16-5-10-22-54(47)61-55)52-20-8-9-21-53(52)60-50-18-6-3-14-45(50)46-15-4-7-19-51(46)60/h1-36H. The quantitative estimate of drug-likeness (QED) is 0.168. The lowest BCUT2D eigenvalue weighted by Crippen LogP contribution is -2.13. The molecule has 3 aromatic heterocycles. The Morgan fingerprint density at radius 1 is 0.355 bits per heavy atom. The lowest BCUT2D eigenvalue weighted by Gasteiger charge is -2.28. The Balaban J connectivity index is 0.974. The third-order valence-corrected chi connectivity index (χ3v) is 12.6. The number of hydrogen-bond donors (Lipinski definition) is 0. The molecule has 0 aliphatic heterocycles. The predicted molar refractivity (Wildman–Crippen MR) is 258 cm³/mol. The van der Waals surface area contributed by atoms with Crippen molar-refractivity contribution in [3.05, 3.63) is 218 Å². The van der Waals surface area contributed by atoms with Crippen LogP contribution < -0.4 is 4.90 Å². The third kappa shape index (κ3) is 5.27. The molecular formula is C58H36N2O2. The highest BCUT2D eigenvalue weighted by atomic mass is 16.3. The molecule has 0 saturated heterocycles. The summed E-state index contributed by atoms with van der Waals surface area (Å²) in [6.07, 6.45) is 0. The van der Waals surface area contributed by atoms with Crippen LogP contribution in [0.25, 0.3) is 104 Å². The molecule has 62 heavy (non-hydrogen) atoms. The molecule has 4 nitrogen and oxygen atoms in total. The second-order valence-corrected chi connectivity index (χ2v) is 16.0. The van der Waals surface area contributed by atoms with Gasteiger partial charge in [-0.25, -0.2) is 0 Å². The Bertz CT molecular complexity index is 3810. The van der Waals surface area contributed by atoms with Gasteiger partial charge in [0, 0.05) is 49.1 Å². The summed E-state index contributed by atoms with van der Waals surface area (Å²) in [7, 11) is 0. The lowest BCUT2D eigenvalue weighted by molar-refractivity contribution is 0.669. The highest BCUT2D eigenvalue weighted by molar-refractivity contribution is 6.19. The molecule has 0 bridgehead atoms. The summed E-state index contributed by atoms with van der Waals surface area (Å²) < 4.78 is 15.2. The van der Waals surface area contributed by atoms with Gasteiger partial charge in [0.15, 0.2) is 0 Å². The Labute approximate surface area is 356 Å². The molecule has 13 rings (SSSR count). The number of rotatable bonds is 6. The molecule has 0 N–H and O–H groups in total. The SMILES string of the molecule is c1ccc(-n2c3ccccc3c3ccccc32)c(N(c2ccc(-c3ccc4oc5ccccc5c4c3)cc2)c2ccc(-c3cccc4oc5c6ccccc6ccc5c34)cc2)c1. The van der Waals surface area contributed by atoms with Crippen LogP contribution in [0, 0.1) is 0 Å². The second-order valence-electron chi connectivity index (χ2n) is 16.0. The molecular weight excluding hydrogens is 757 g/mol. The number of furan rings is 2. The fourth-order valence-corrected chi connectivity index (χ4v) is 9.74. The van der Waals surface area contributed by atoms with E-state index in [2.05, 4.69) is 216 Å². The van der Waals surface area contributed by atoms with Gasteiger partial charge in [-0.15, -0.1) is 0 Å². The van der Waals surface area contributed by atoms with E-state index in [1.54, 1.807) is 0 Å². The van der Waals surface area contributed by atoms with Crippen molar-refractivity contribution in [2.75, 3.05) is 4.90 Å². The monoisotopic (exact) mass is 792 g/mol. The van der Waals surface area contributed by atoms with Crippen LogP contribution in [0.15, 0.2) is 227 Å². The van der Waals surface area contributed by atoms with Gasteiger partial charge in [0.1, 0.15) is 22.3 Å². The van der Waals surface area contributed by atoms with Gasteiger partial charge >= 0.3 is 0 Å². The first kappa shape index (κ1) is 34.5. The van der Waals surface area contributed by atoms with Gasteiger partial charge in [0.05, 0.1) is 22.4 Å². The van der Waals surface area contributed by atoms with E-state index in [0.717, 1.165) is 94.3 Å². The van der Waals surface area contributed by atoms with E-state index >= 15 is 0 Å². The topological polar surface area (TPSA) is 34.5 Å². The number of aromatic nitrogens is 1. The Hall–Kier alpha value is -8.34. The van der Waals surface area contributed by atoms with Crippen LogP contribution in [0.5, 0.6) is 0 Å². The van der Waals surface area contributed by atoms with Gasteiger partial charge in [-0.1, -0.05) is 140 Å². The normalized spacial score (nSPS) is 11.9. The van der Waals surface area contributed by atoms with E-state index in [-0.39, 0.29) is 0 Å². The van der Waals surface area contributed by atoms with Crippen LogP contribution in [0.3, 0.4) is 0 Å². The first-order valence-electron chi connectivity index (χ1n) is 21.1. The summed E-state index contributed by atoms with van der Waals surface area (Å²) in [5, 5.41) is 9.27. The van der Waals surface area contributed by atoms with Crippen molar-refractivity contribution in [2.45, 2.75) is 0 Å². The average Bonchev–Trinajstić information content (AvgIpc) is 4.02. The summed E-state index contributed by atoms with van der Waals surface area (Å²) in [5.41, 5.74) is 14.8. The van der Waals surface area contributed by atoms with E-state index in [0.29, 0.717) is 0 Å². The number of nitrogens with zero attached hydrogens (tertiary/aromatic N) is 2. The summed E-state index contributed by atoms with van der Waals surface area (Å²) in [5.74, 6) is 0. The van der Waals surface area contributed by atoms with E-state index in [4.69, 9.17) is 8.83 Å². The molecule has 10 aromatic carbocycles. The van der Waals surface area contributed by atoms with Crippen molar-refractivity contribution in [1.29, 1.82) is 0 Å². The summed E-state index contributed by atoms with van der Waals surface area (Å²) >= 11 is 0. The Kier molecular flexibility index (Phi) is 7.57. The first-order chi connectivity index (χ1) is 30.7. The summed E-state index contributed by atoms with van der Waals surface area (Å²) in [6, 6.07) is 78.1. The van der Waals surface area contributed by atoms with Crippen LogP contribution >= 0.6 is 0 Å². The maximum absolute atomic E-state index is 6.58. The average molecular weight is 793 g/mol. The van der Waals surface area contributed by atoms with Crippen molar-refractivity contribution < 1.29 is 8.83 Å². The number of hydrogen-bond acceptors (Lipinski definition) is 3. The maximum atomic E-state index is 6.58. The Morgan fingerprint density at radius 2 is 0.952 bits per heavy atom. The fourth-order valence-electron chi connectivity index (χ4n) is 9.74. The van der Waals surface area contributed by atoms with Gasteiger partial charge in [0.25, 0.3) is 0 Å². The molecule has 3 heterocycles. The smallest absolute Gasteiger partial charge is 0.143 e. The van der Waals surface area contributed by atoms with Crippen LogP contribution in [0.4, 0.5) is 17.1 Å². The number of anilines is 3. The minimum absolute atomic E-state index is 0.889. The molecule has 0 fully saturated rings. The zero-order valence-electron chi connectivity index (χ0n) is 33.5. The van der Waals surface area contributed by atoms with Crippen molar-refractivity contribution >= 4 is 93.5 Å². The van der Waals surface area contributed by atoms with Crippen molar-refractivity contribution in [1.82, 2.24) is 4.57 Å². The molecule has 0 aliphatic carbocycles.